The molecule has 1 aliphatic rings. The van der Waals surface area contributed by atoms with Crippen molar-refractivity contribution in [2.24, 2.45) is 5.92 Å². The van der Waals surface area contributed by atoms with E-state index in [1.54, 1.807) is 0 Å². The molecule has 2 aromatic rings. The Bertz CT molecular complexity index is 778. The van der Waals surface area contributed by atoms with E-state index >= 15 is 0 Å². The monoisotopic (exact) mass is 380 g/mol. The maximum atomic E-state index is 10.2. The van der Waals surface area contributed by atoms with Gasteiger partial charge in [0.15, 0.2) is 0 Å². The van der Waals surface area contributed by atoms with Crippen molar-refractivity contribution in [3.05, 3.63) is 70.7 Å². The van der Waals surface area contributed by atoms with Gasteiger partial charge in [0, 0.05) is 17.6 Å². The zero-order chi connectivity index (χ0) is 19.3. The predicted molar refractivity (Wildman–Crippen MR) is 113 cm³/mol. The first-order valence-electron chi connectivity index (χ1n) is 10.0. The highest BCUT2D eigenvalue weighted by Gasteiger charge is 2.47. The molecule has 2 aromatic carbocycles. The Morgan fingerprint density at radius 1 is 1.15 bits per heavy atom. The van der Waals surface area contributed by atoms with E-state index < -0.39 is 5.41 Å². The van der Waals surface area contributed by atoms with Gasteiger partial charge in [-0.25, -0.2) is 0 Å². The summed E-state index contributed by atoms with van der Waals surface area (Å²) in [6.45, 7) is 3.18. The molecule has 2 atom stereocenters. The van der Waals surface area contributed by atoms with Crippen molar-refractivity contribution in [2.45, 2.75) is 57.0 Å². The van der Waals surface area contributed by atoms with Gasteiger partial charge in [0.25, 0.3) is 0 Å². The van der Waals surface area contributed by atoms with E-state index in [-0.39, 0.29) is 0 Å². The maximum Gasteiger partial charge on any atom is 0.0865 e. The van der Waals surface area contributed by atoms with Gasteiger partial charge in [0.2, 0.25) is 0 Å². The van der Waals surface area contributed by atoms with Crippen molar-refractivity contribution in [3.63, 3.8) is 0 Å². The van der Waals surface area contributed by atoms with Crippen molar-refractivity contribution in [1.29, 1.82) is 5.26 Å². The maximum absolute atomic E-state index is 10.2. The third-order valence-corrected chi connectivity index (χ3v) is 6.40. The Morgan fingerprint density at radius 3 is 2.41 bits per heavy atom. The standard InChI is InChI=1S/C24H29ClN2/c1-3-21(27(2)17-19-9-5-4-6-10-19)15-16-24(18-26,20-13-14-20)22-11-7-8-12-23(22)25/h4-12,20-21H,3,13-17H2,1-2H3. The summed E-state index contributed by atoms with van der Waals surface area (Å²) in [6.07, 6.45) is 5.23. The summed E-state index contributed by atoms with van der Waals surface area (Å²) in [5.74, 6) is 0.444. The van der Waals surface area contributed by atoms with Crippen LogP contribution in [-0.4, -0.2) is 18.0 Å². The molecule has 2 nitrogen and oxygen atoms in total. The molecule has 0 heterocycles. The quantitative estimate of drug-likeness (QED) is 0.517. The van der Waals surface area contributed by atoms with Crippen molar-refractivity contribution in [1.82, 2.24) is 4.90 Å². The molecule has 1 saturated carbocycles. The first-order chi connectivity index (χ1) is 13.1. The van der Waals surface area contributed by atoms with Gasteiger partial charge in [-0.2, -0.15) is 5.26 Å². The van der Waals surface area contributed by atoms with Crippen LogP contribution in [0.15, 0.2) is 54.6 Å². The van der Waals surface area contributed by atoms with Gasteiger partial charge < -0.3 is 0 Å². The van der Waals surface area contributed by atoms with E-state index in [4.69, 9.17) is 11.6 Å². The molecule has 0 radical (unpaired) electrons. The highest BCUT2D eigenvalue weighted by Crippen LogP contribution is 2.51. The zero-order valence-electron chi connectivity index (χ0n) is 16.4. The van der Waals surface area contributed by atoms with Crippen LogP contribution in [0, 0.1) is 17.2 Å². The van der Waals surface area contributed by atoms with E-state index in [1.165, 1.54) is 5.56 Å². The Labute approximate surface area is 168 Å². The van der Waals surface area contributed by atoms with Gasteiger partial charge in [0.05, 0.1) is 11.5 Å². The summed E-state index contributed by atoms with van der Waals surface area (Å²) in [5, 5.41) is 10.9. The number of nitriles is 1. The second kappa shape index (κ2) is 8.91. The van der Waals surface area contributed by atoms with Crippen LogP contribution in [0.3, 0.4) is 0 Å². The fourth-order valence-corrected chi connectivity index (χ4v) is 4.60. The normalized spacial score (nSPS) is 17.3. The number of benzene rings is 2. The second-order valence-corrected chi connectivity index (χ2v) is 8.25. The number of halogens is 1. The van der Waals surface area contributed by atoms with Crippen LogP contribution in [0.5, 0.6) is 0 Å². The van der Waals surface area contributed by atoms with Crippen LogP contribution < -0.4 is 0 Å². The Morgan fingerprint density at radius 2 is 1.81 bits per heavy atom. The van der Waals surface area contributed by atoms with Crippen LogP contribution in [0.25, 0.3) is 0 Å². The Hall–Kier alpha value is -1.82. The van der Waals surface area contributed by atoms with Crippen LogP contribution in [0.2, 0.25) is 5.02 Å². The zero-order valence-corrected chi connectivity index (χ0v) is 17.1. The Kier molecular flexibility index (Phi) is 6.58. The number of hydrogen-bond acceptors (Lipinski definition) is 2. The fourth-order valence-electron chi connectivity index (χ4n) is 4.30. The van der Waals surface area contributed by atoms with Crippen LogP contribution in [-0.2, 0) is 12.0 Å². The fraction of sp³-hybridized carbons (Fsp3) is 0.458. The third-order valence-electron chi connectivity index (χ3n) is 6.07. The molecule has 0 aliphatic heterocycles. The molecule has 0 saturated heterocycles. The second-order valence-electron chi connectivity index (χ2n) is 7.84. The predicted octanol–water partition coefficient (Wildman–Crippen LogP) is 6.20. The Balaban J connectivity index is 1.74. The topological polar surface area (TPSA) is 27.0 Å². The molecule has 3 heteroatoms. The molecule has 2 unspecified atom stereocenters. The molecule has 1 fully saturated rings. The summed E-state index contributed by atoms with van der Waals surface area (Å²) < 4.78 is 0. The van der Waals surface area contributed by atoms with Gasteiger partial charge in [-0.05, 0) is 62.3 Å². The minimum Gasteiger partial charge on any atom is -0.299 e. The van der Waals surface area contributed by atoms with Gasteiger partial charge in [-0.1, -0.05) is 67.1 Å². The molecule has 1 aliphatic carbocycles. The summed E-state index contributed by atoms with van der Waals surface area (Å²) >= 11 is 6.52. The smallest absolute Gasteiger partial charge is 0.0865 e. The minimum absolute atomic E-state index is 0.444. The summed E-state index contributed by atoms with van der Waals surface area (Å²) in [7, 11) is 2.20. The molecular formula is C24H29ClN2. The molecule has 27 heavy (non-hydrogen) atoms. The lowest BCUT2D eigenvalue weighted by atomic mass is 9.73. The lowest BCUT2D eigenvalue weighted by Crippen LogP contribution is -2.35. The molecule has 0 spiro atoms. The molecular weight excluding hydrogens is 352 g/mol. The van der Waals surface area contributed by atoms with E-state index in [2.05, 4.69) is 61.3 Å². The highest BCUT2D eigenvalue weighted by atomic mass is 35.5. The van der Waals surface area contributed by atoms with Crippen molar-refractivity contribution in [2.75, 3.05) is 7.05 Å². The lowest BCUT2D eigenvalue weighted by Gasteiger charge is -2.33. The molecule has 0 aromatic heterocycles. The van der Waals surface area contributed by atoms with E-state index in [9.17, 15) is 5.26 Å². The van der Waals surface area contributed by atoms with Gasteiger partial charge in [0.1, 0.15) is 0 Å². The number of rotatable bonds is 9. The minimum atomic E-state index is -0.445. The molecule has 142 valence electrons. The number of hydrogen-bond donors (Lipinski definition) is 0. The molecule has 3 rings (SSSR count). The highest BCUT2D eigenvalue weighted by molar-refractivity contribution is 6.31. The lowest BCUT2D eigenvalue weighted by molar-refractivity contribution is 0.201. The largest absolute Gasteiger partial charge is 0.299 e. The van der Waals surface area contributed by atoms with Gasteiger partial charge >= 0.3 is 0 Å². The number of nitrogens with zero attached hydrogens (tertiary/aromatic N) is 2. The van der Waals surface area contributed by atoms with Crippen molar-refractivity contribution in [3.8, 4) is 6.07 Å². The van der Waals surface area contributed by atoms with E-state index in [1.807, 2.05) is 18.2 Å². The average molecular weight is 381 g/mol. The van der Waals surface area contributed by atoms with Crippen molar-refractivity contribution < 1.29 is 0 Å². The van der Waals surface area contributed by atoms with E-state index in [0.717, 1.165) is 49.2 Å². The van der Waals surface area contributed by atoms with Crippen molar-refractivity contribution >= 4 is 11.6 Å². The molecule has 0 N–H and O–H groups in total. The van der Waals surface area contributed by atoms with Crippen LogP contribution in [0.1, 0.15) is 50.2 Å². The first-order valence-corrected chi connectivity index (χ1v) is 10.4. The molecule has 0 bridgehead atoms. The summed E-state index contributed by atoms with van der Waals surface area (Å²) in [5.41, 5.74) is 1.91. The summed E-state index contributed by atoms with van der Waals surface area (Å²) in [6, 6.07) is 21.7. The molecule has 0 amide bonds. The van der Waals surface area contributed by atoms with Crippen LogP contribution >= 0.6 is 11.6 Å². The average Bonchev–Trinajstić information content (AvgIpc) is 3.53. The first kappa shape index (κ1) is 19.9. The third kappa shape index (κ3) is 4.54. The van der Waals surface area contributed by atoms with Gasteiger partial charge in [-0.3, -0.25) is 4.90 Å². The SMILES string of the molecule is CCC(CCC(C#N)(c1ccccc1Cl)C1CC1)N(C)Cc1ccccc1. The van der Waals surface area contributed by atoms with E-state index in [0.29, 0.717) is 12.0 Å². The van der Waals surface area contributed by atoms with Crippen LogP contribution in [0.4, 0.5) is 0 Å². The van der Waals surface area contributed by atoms with Gasteiger partial charge in [-0.15, -0.1) is 0 Å². The summed E-state index contributed by atoms with van der Waals surface area (Å²) in [4.78, 5) is 2.43.